The summed E-state index contributed by atoms with van der Waals surface area (Å²) >= 11 is 4.89. The van der Waals surface area contributed by atoms with Gasteiger partial charge < -0.3 is 19.3 Å². The predicted molar refractivity (Wildman–Crippen MR) is 50.8 cm³/mol. The lowest BCUT2D eigenvalue weighted by atomic mass is 10.5. The van der Waals surface area contributed by atoms with Gasteiger partial charge in [0.15, 0.2) is 0 Å². The summed E-state index contributed by atoms with van der Waals surface area (Å²) in [5.41, 5.74) is -0.888. The number of aliphatic hydroxyl groups excluding tert-OH is 1. The molecule has 0 saturated carbocycles. The zero-order valence-electron chi connectivity index (χ0n) is 8.11. The van der Waals surface area contributed by atoms with E-state index >= 15 is 0 Å². The van der Waals surface area contributed by atoms with Gasteiger partial charge in [-0.2, -0.15) is 0 Å². The first-order chi connectivity index (χ1) is 7.16. The topological polar surface area (TPSA) is 82.1 Å². The van der Waals surface area contributed by atoms with Crippen LogP contribution in [0.5, 0.6) is 0 Å². The molecule has 1 N–H and O–H groups in total. The molecule has 15 heavy (non-hydrogen) atoms. The number of carbonyl (C=O) groups is 2. The van der Waals surface area contributed by atoms with Gasteiger partial charge in [0.2, 0.25) is 0 Å². The monoisotopic (exact) mass is 240 g/mol. The zero-order chi connectivity index (χ0) is 11.5. The maximum Gasteiger partial charge on any atom is 0.508 e. The van der Waals surface area contributed by atoms with Crippen LogP contribution < -0.4 is 0 Å². The van der Waals surface area contributed by atoms with Crippen molar-refractivity contribution in [2.45, 2.75) is 12.8 Å². The highest BCUT2D eigenvalue weighted by Crippen LogP contribution is 1.93. The summed E-state index contributed by atoms with van der Waals surface area (Å²) in [5, 5.41) is 8.38. The molecule has 0 aliphatic heterocycles. The molecule has 0 fully saturated rings. The molecule has 0 amide bonds. The molecule has 0 heterocycles. The van der Waals surface area contributed by atoms with Gasteiger partial charge in [-0.15, -0.1) is 0 Å². The first-order valence-corrected chi connectivity index (χ1v) is 4.77. The first kappa shape index (κ1) is 14.0. The van der Waals surface area contributed by atoms with Crippen molar-refractivity contribution in [1.29, 1.82) is 0 Å². The van der Waals surface area contributed by atoms with Crippen molar-refractivity contribution < 1.29 is 28.9 Å². The summed E-state index contributed by atoms with van der Waals surface area (Å²) in [4.78, 5) is 20.9. The molecule has 0 aromatic carbocycles. The maximum atomic E-state index is 10.8. The SMILES string of the molecule is O=C(Cl)OCCCOC(=O)OCCCO. The molecule has 0 bridgehead atoms. The second-order valence-electron chi connectivity index (χ2n) is 2.46. The Labute approximate surface area is 92.1 Å². The molecular weight excluding hydrogens is 228 g/mol. The van der Waals surface area contributed by atoms with Gasteiger partial charge in [0.05, 0.1) is 19.8 Å². The van der Waals surface area contributed by atoms with Crippen molar-refractivity contribution in [3.05, 3.63) is 0 Å². The molecule has 6 nitrogen and oxygen atoms in total. The molecule has 88 valence electrons. The molecule has 0 atom stereocenters. The van der Waals surface area contributed by atoms with E-state index in [-0.39, 0.29) is 26.4 Å². The van der Waals surface area contributed by atoms with E-state index < -0.39 is 11.6 Å². The van der Waals surface area contributed by atoms with Gasteiger partial charge in [-0.3, -0.25) is 0 Å². The van der Waals surface area contributed by atoms with E-state index in [2.05, 4.69) is 14.2 Å². The van der Waals surface area contributed by atoms with Gasteiger partial charge >= 0.3 is 11.6 Å². The van der Waals surface area contributed by atoms with Crippen LogP contribution in [0.3, 0.4) is 0 Å². The van der Waals surface area contributed by atoms with Crippen molar-refractivity contribution in [1.82, 2.24) is 0 Å². The number of aliphatic hydroxyl groups is 1. The average Bonchev–Trinajstić information content (AvgIpc) is 2.17. The van der Waals surface area contributed by atoms with Crippen LogP contribution in [0.4, 0.5) is 9.59 Å². The Morgan fingerprint density at radius 2 is 1.53 bits per heavy atom. The quantitative estimate of drug-likeness (QED) is 0.410. The van der Waals surface area contributed by atoms with Gasteiger partial charge in [-0.25, -0.2) is 9.59 Å². The van der Waals surface area contributed by atoms with Crippen LogP contribution in [0.25, 0.3) is 0 Å². The highest BCUT2D eigenvalue weighted by Gasteiger charge is 2.03. The molecule has 7 heteroatoms. The Bertz CT molecular complexity index is 196. The second-order valence-corrected chi connectivity index (χ2v) is 2.77. The zero-order valence-corrected chi connectivity index (χ0v) is 8.86. The summed E-state index contributed by atoms with van der Waals surface area (Å²) in [6.45, 7) is 0.249. The number of hydrogen-bond acceptors (Lipinski definition) is 6. The standard InChI is InChI=1S/C8H13ClO6/c9-7(11)13-5-2-6-15-8(12)14-4-1-3-10/h10H,1-6H2. The molecule has 0 aromatic rings. The largest absolute Gasteiger partial charge is 0.508 e. The van der Waals surface area contributed by atoms with E-state index in [4.69, 9.17) is 16.7 Å². The molecule has 0 spiro atoms. The summed E-state index contributed by atoms with van der Waals surface area (Å²) in [5.74, 6) is 0. The summed E-state index contributed by atoms with van der Waals surface area (Å²) < 4.78 is 13.5. The van der Waals surface area contributed by atoms with E-state index in [9.17, 15) is 9.59 Å². The highest BCUT2D eigenvalue weighted by molar-refractivity contribution is 6.61. The van der Waals surface area contributed by atoms with Gasteiger partial charge in [0.1, 0.15) is 0 Å². The van der Waals surface area contributed by atoms with Crippen LogP contribution in [0.1, 0.15) is 12.8 Å². The summed E-state index contributed by atoms with van der Waals surface area (Å²) in [6, 6.07) is 0. The molecule has 0 aromatic heterocycles. The third-order valence-corrected chi connectivity index (χ3v) is 1.36. The number of hydrogen-bond donors (Lipinski definition) is 1. The number of halogens is 1. The van der Waals surface area contributed by atoms with E-state index in [0.717, 1.165) is 0 Å². The van der Waals surface area contributed by atoms with Crippen molar-refractivity contribution in [2.75, 3.05) is 26.4 Å². The van der Waals surface area contributed by atoms with Crippen molar-refractivity contribution in [3.63, 3.8) is 0 Å². The highest BCUT2D eigenvalue weighted by atomic mass is 35.5. The Balaban J connectivity index is 3.20. The Morgan fingerprint density at radius 3 is 2.07 bits per heavy atom. The maximum absolute atomic E-state index is 10.8. The molecule has 0 aliphatic rings. The summed E-state index contributed by atoms with van der Waals surface area (Å²) in [7, 11) is 0. The Kier molecular flexibility index (Phi) is 8.90. The minimum Gasteiger partial charge on any atom is -0.454 e. The van der Waals surface area contributed by atoms with Crippen molar-refractivity contribution in [2.24, 2.45) is 0 Å². The van der Waals surface area contributed by atoms with Crippen LogP contribution in [0, 0.1) is 0 Å². The lowest BCUT2D eigenvalue weighted by Gasteiger charge is -2.05. The van der Waals surface area contributed by atoms with Gasteiger partial charge in [0, 0.05) is 31.0 Å². The number of ether oxygens (including phenoxy) is 3. The fraction of sp³-hybridized carbons (Fsp3) is 0.750. The lowest BCUT2D eigenvalue weighted by molar-refractivity contribution is 0.0472. The summed E-state index contributed by atoms with van der Waals surface area (Å²) in [6.07, 6.45) is -0.0763. The van der Waals surface area contributed by atoms with Crippen molar-refractivity contribution in [3.8, 4) is 0 Å². The third kappa shape index (κ3) is 10.9. The van der Waals surface area contributed by atoms with Crippen LogP contribution in [-0.2, 0) is 14.2 Å². The minimum atomic E-state index is -0.888. The fourth-order valence-electron chi connectivity index (χ4n) is 0.629. The molecule has 0 unspecified atom stereocenters. The molecule has 0 aliphatic carbocycles. The van der Waals surface area contributed by atoms with Gasteiger partial charge in [-0.05, 0) is 0 Å². The normalized spacial score (nSPS) is 9.47. The Morgan fingerprint density at radius 1 is 1.00 bits per heavy atom. The van der Waals surface area contributed by atoms with E-state index in [1.54, 1.807) is 0 Å². The minimum absolute atomic E-state index is 0.0427. The van der Waals surface area contributed by atoms with E-state index in [0.29, 0.717) is 12.8 Å². The van der Waals surface area contributed by atoms with Crippen LogP contribution in [0.2, 0.25) is 0 Å². The Hall–Kier alpha value is -1.01. The molecule has 0 saturated heterocycles. The predicted octanol–water partition coefficient (Wildman–Crippen LogP) is 1.29. The van der Waals surface area contributed by atoms with Gasteiger partial charge in [-0.1, -0.05) is 0 Å². The number of rotatable bonds is 7. The van der Waals surface area contributed by atoms with Gasteiger partial charge in [0.25, 0.3) is 0 Å². The average molecular weight is 241 g/mol. The van der Waals surface area contributed by atoms with Crippen molar-refractivity contribution >= 4 is 23.2 Å². The second kappa shape index (κ2) is 9.54. The fourth-order valence-corrected chi connectivity index (χ4v) is 0.706. The molecule has 0 radical (unpaired) electrons. The first-order valence-electron chi connectivity index (χ1n) is 4.39. The molecular formula is C8H13ClO6. The van der Waals surface area contributed by atoms with E-state index in [1.807, 2.05) is 0 Å². The lowest BCUT2D eigenvalue weighted by Crippen LogP contribution is -2.11. The van der Waals surface area contributed by atoms with Crippen LogP contribution in [0.15, 0.2) is 0 Å². The van der Waals surface area contributed by atoms with Crippen LogP contribution in [-0.4, -0.2) is 43.1 Å². The smallest absolute Gasteiger partial charge is 0.454 e. The molecule has 0 rings (SSSR count). The van der Waals surface area contributed by atoms with Crippen LogP contribution >= 0.6 is 11.6 Å². The third-order valence-electron chi connectivity index (χ3n) is 1.25. The number of carbonyl (C=O) groups excluding carboxylic acids is 2. The van der Waals surface area contributed by atoms with E-state index in [1.165, 1.54) is 0 Å².